The molecule has 0 aliphatic carbocycles. The summed E-state index contributed by atoms with van der Waals surface area (Å²) >= 11 is 0. The summed E-state index contributed by atoms with van der Waals surface area (Å²) in [5, 5.41) is 0. The van der Waals surface area contributed by atoms with E-state index < -0.39 is 0 Å². The Morgan fingerprint density at radius 1 is 2.50 bits per heavy atom. The molecule has 0 heterocycles. The molecule has 0 saturated carbocycles. The molecule has 0 N–H and O–H groups in total. The second-order valence-corrected chi connectivity index (χ2v) is 0.569. The van der Waals surface area contributed by atoms with Crippen LogP contribution in [0.4, 0.5) is 0 Å². The highest BCUT2D eigenvalue weighted by molar-refractivity contribution is 4.60. The molecule has 0 nitrogen and oxygen atoms in total. The van der Waals surface area contributed by atoms with Crippen LogP contribution in [0.1, 0.15) is 14.7 Å². The second-order valence-electron chi connectivity index (χ2n) is 0.569. The van der Waals surface area contributed by atoms with Gasteiger partial charge in [-0.3, -0.25) is 0 Å². The van der Waals surface area contributed by atoms with Crippen molar-refractivity contribution in [2.24, 2.45) is 0 Å². The number of rotatable bonds is 1. The summed E-state index contributed by atoms with van der Waals surface area (Å²) in [7, 11) is 0. The van der Waals surface area contributed by atoms with Crippen LogP contribution < -0.4 is 0 Å². The third-order valence-corrected chi connectivity index (χ3v) is 0.236. The summed E-state index contributed by atoms with van der Waals surface area (Å²) in [6.07, 6.45) is 1.48. The molecular formula is C4H8. The fraction of sp³-hybridized carbons (Fsp3) is 0.500. The van der Waals surface area contributed by atoms with E-state index in [0.717, 1.165) is 0 Å². The van der Waals surface area contributed by atoms with Gasteiger partial charge in [0.25, 0.3) is 0 Å². The monoisotopic (exact) mass is 57.1 g/mol. The van der Waals surface area contributed by atoms with Gasteiger partial charge in [-0.1, -0.05) is 13.0 Å². The molecule has 1 atom stereocenters. The quantitative estimate of drug-likeness (QED) is 0.401. The molecule has 0 aromatic rings. The van der Waals surface area contributed by atoms with E-state index in [1.54, 1.807) is 13.0 Å². The van der Waals surface area contributed by atoms with Gasteiger partial charge in [0.1, 0.15) is 0 Å². The van der Waals surface area contributed by atoms with Gasteiger partial charge in [-0.05, 0) is 6.40 Å². The Morgan fingerprint density at radius 3 is 2.75 bits per heavy atom. The molecule has 0 saturated heterocycles. The van der Waals surface area contributed by atoms with E-state index in [9.17, 15) is 0 Å². The van der Waals surface area contributed by atoms with E-state index >= 15 is 0 Å². The van der Waals surface area contributed by atoms with E-state index in [1.807, 2.05) is 0 Å². The van der Waals surface area contributed by atoms with Crippen LogP contribution in [0.25, 0.3) is 0 Å². The smallest absolute Gasteiger partial charge is 0.0307 e. The summed E-state index contributed by atoms with van der Waals surface area (Å²) in [6.45, 7) is 5.14. The van der Waals surface area contributed by atoms with Crippen molar-refractivity contribution in [3.05, 3.63) is 12.7 Å². The van der Waals surface area contributed by atoms with Crippen LogP contribution in [0, 0.1) is 0 Å². The van der Waals surface area contributed by atoms with E-state index in [-0.39, 0.29) is 6.40 Å². The SMILES string of the molecule is [2H]C(C)C=C. The standard InChI is InChI=1S/C4H8/c1-3-4-2/h3H,1,4H2,2H3/i4D. The predicted octanol–water partition coefficient (Wildman–Crippen LogP) is 1.58. The first-order chi connectivity index (χ1) is 2.27. The van der Waals surface area contributed by atoms with E-state index in [2.05, 4.69) is 6.58 Å². The molecule has 0 fully saturated rings. The average Bonchev–Trinajstić information content (AvgIpc) is 1.38. The Kier molecular flexibility index (Phi) is 1.38. The van der Waals surface area contributed by atoms with Crippen molar-refractivity contribution < 1.29 is 1.37 Å². The third kappa shape index (κ3) is 1.74. The van der Waals surface area contributed by atoms with Crippen LogP contribution in [0.15, 0.2) is 12.7 Å². The van der Waals surface area contributed by atoms with Crippen molar-refractivity contribution in [2.75, 3.05) is 0 Å². The summed E-state index contributed by atoms with van der Waals surface area (Å²) in [5.74, 6) is 0. The van der Waals surface area contributed by atoms with Crippen molar-refractivity contribution in [3.63, 3.8) is 0 Å². The van der Waals surface area contributed by atoms with E-state index in [4.69, 9.17) is 1.37 Å². The fourth-order valence-corrected chi connectivity index (χ4v) is 0. The maximum Gasteiger partial charge on any atom is 0.0307 e. The van der Waals surface area contributed by atoms with Gasteiger partial charge in [0.15, 0.2) is 0 Å². The molecule has 0 rings (SSSR count). The zero-order valence-electron chi connectivity index (χ0n) is 3.86. The lowest BCUT2D eigenvalue weighted by molar-refractivity contribution is 1.23. The van der Waals surface area contributed by atoms with Gasteiger partial charge in [-0.25, -0.2) is 0 Å². The Bertz CT molecular complexity index is 30.6. The third-order valence-electron chi connectivity index (χ3n) is 0.236. The lowest BCUT2D eigenvalue weighted by Crippen LogP contribution is -1.36. The first-order valence-electron chi connectivity index (χ1n) is 1.90. The van der Waals surface area contributed by atoms with Gasteiger partial charge in [0.05, 0.1) is 0 Å². The highest BCUT2D eigenvalue weighted by Crippen LogP contribution is 1.66. The second kappa shape index (κ2) is 2.74. The van der Waals surface area contributed by atoms with Crippen molar-refractivity contribution in [2.45, 2.75) is 13.3 Å². The Balaban J connectivity index is 2.83. The molecule has 0 radical (unpaired) electrons. The lowest BCUT2D eigenvalue weighted by Gasteiger charge is -1.57. The van der Waals surface area contributed by atoms with E-state index in [1.165, 1.54) is 0 Å². The summed E-state index contributed by atoms with van der Waals surface area (Å²) in [5.41, 5.74) is 0. The van der Waals surface area contributed by atoms with Crippen LogP contribution in [-0.2, 0) is 0 Å². The van der Waals surface area contributed by atoms with Gasteiger partial charge < -0.3 is 0 Å². The normalized spacial score (nSPS) is 17.8. The summed E-state index contributed by atoms with van der Waals surface area (Å²) in [4.78, 5) is 0. The van der Waals surface area contributed by atoms with Gasteiger partial charge >= 0.3 is 0 Å². The summed E-state index contributed by atoms with van der Waals surface area (Å²) in [6, 6.07) is 0. The predicted molar refractivity (Wildman–Crippen MR) is 20.5 cm³/mol. The van der Waals surface area contributed by atoms with Crippen LogP contribution in [0.2, 0.25) is 0 Å². The minimum Gasteiger partial charge on any atom is -0.103 e. The topological polar surface area (TPSA) is 0 Å². The first kappa shape index (κ1) is 2.01. The van der Waals surface area contributed by atoms with Gasteiger partial charge in [0.2, 0.25) is 0 Å². The molecule has 0 aromatic carbocycles. The molecule has 24 valence electrons. The largest absolute Gasteiger partial charge is 0.103 e. The molecule has 0 aliphatic heterocycles. The van der Waals surface area contributed by atoms with Crippen molar-refractivity contribution in [1.82, 2.24) is 0 Å². The minimum atomic E-state index is -0.102. The maximum absolute atomic E-state index is 6.71. The highest BCUT2D eigenvalue weighted by atomic mass is 13.5. The molecule has 0 aliphatic rings. The molecule has 4 heavy (non-hydrogen) atoms. The van der Waals surface area contributed by atoms with Crippen LogP contribution in [0.5, 0.6) is 0 Å². The highest BCUT2D eigenvalue weighted by Gasteiger charge is 1.45. The molecule has 0 heteroatoms. The first-order valence-corrected chi connectivity index (χ1v) is 1.32. The number of hydrogen-bond acceptors (Lipinski definition) is 0. The molecule has 1 unspecified atom stereocenters. The zero-order chi connectivity index (χ0) is 4.28. The maximum atomic E-state index is 6.71. The van der Waals surface area contributed by atoms with Gasteiger partial charge in [0, 0.05) is 1.37 Å². The van der Waals surface area contributed by atoms with Crippen molar-refractivity contribution in [1.29, 1.82) is 0 Å². The fourth-order valence-electron chi connectivity index (χ4n) is 0. The Hall–Kier alpha value is -0.260. The molecular weight excluding hydrogens is 48.0 g/mol. The van der Waals surface area contributed by atoms with Crippen LogP contribution in [0.3, 0.4) is 0 Å². The van der Waals surface area contributed by atoms with Crippen LogP contribution >= 0.6 is 0 Å². The molecule has 0 aromatic heterocycles. The summed E-state index contributed by atoms with van der Waals surface area (Å²) < 4.78 is 6.71. The average molecular weight is 57.1 g/mol. The lowest BCUT2D eigenvalue weighted by atomic mass is 10.5. The van der Waals surface area contributed by atoms with Crippen LogP contribution in [-0.4, -0.2) is 0 Å². The van der Waals surface area contributed by atoms with Gasteiger partial charge in [-0.2, -0.15) is 0 Å². The molecule has 0 spiro atoms. The minimum absolute atomic E-state index is 0.102. The number of hydrogen-bond donors (Lipinski definition) is 0. The van der Waals surface area contributed by atoms with Crippen molar-refractivity contribution in [3.8, 4) is 0 Å². The Morgan fingerprint density at radius 2 is 2.75 bits per heavy atom. The molecule has 0 amide bonds. The van der Waals surface area contributed by atoms with Gasteiger partial charge in [-0.15, -0.1) is 6.58 Å². The Labute approximate surface area is 28.5 Å². The zero-order valence-corrected chi connectivity index (χ0v) is 2.86. The van der Waals surface area contributed by atoms with E-state index in [0.29, 0.717) is 0 Å². The van der Waals surface area contributed by atoms with Crippen molar-refractivity contribution >= 4 is 0 Å². The molecule has 0 bridgehead atoms. The number of allylic oxidation sites excluding steroid dienone is 1.